The first-order chi connectivity index (χ1) is 18.0. The van der Waals surface area contributed by atoms with Gasteiger partial charge >= 0.3 is 0 Å². The SMILES string of the molecule is CCc1ccc(N(CCCC(=O)N(Cc2ccc(OC)cc2)[C@@H](CC)C(=O)N[C@H](C)CC)S(C)(=O)=O)cc1. The van der Waals surface area contributed by atoms with Crippen LogP contribution in [0.4, 0.5) is 5.69 Å². The Balaban J connectivity index is 2.22. The summed E-state index contributed by atoms with van der Waals surface area (Å²) in [4.78, 5) is 28.3. The summed E-state index contributed by atoms with van der Waals surface area (Å²) < 4.78 is 31.6. The van der Waals surface area contributed by atoms with Crippen LogP contribution < -0.4 is 14.4 Å². The zero-order valence-electron chi connectivity index (χ0n) is 23.6. The van der Waals surface area contributed by atoms with E-state index in [0.717, 1.165) is 24.0 Å². The third-order valence-corrected chi connectivity index (χ3v) is 7.88. The van der Waals surface area contributed by atoms with Gasteiger partial charge < -0.3 is 15.0 Å². The Hall–Kier alpha value is -3.07. The number of benzene rings is 2. The monoisotopic (exact) mass is 545 g/mol. The molecule has 2 atom stereocenters. The van der Waals surface area contributed by atoms with Gasteiger partial charge in [0.25, 0.3) is 0 Å². The van der Waals surface area contributed by atoms with Gasteiger partial charge in [0, 0.05) is 25.6 Å². The molecule has 0 aliphatic carbocycles. The molecule has 2 aromatic carbocycles. The van der Waals surface area contributed by atoms with Crippen LogP contribution in [-0.2, 0) is 32.6 Å². The topological polar surface area (TPSA) is 96.0 Å². The highest BCUT2D eigenvalue weighted by Crippen LogP contribution is 2.21. The zero-order chi connectivity index (χ0) is 28.3. The van der Waals surface area contributed by atoms with E-state index in [2.05, 4.69) is 5.32 Å². The van der Waals surface area contributed by atoms with Crippen molar-refractivity contribution in [1.82, 2.24) is 10.2 Å². The number of nitrogens with one attached hydrogen (secondary N) is 1. The number of rotatable bonds is 15. The number of carbonyl (C=O) groups excluding carboxylic acids is 2. The van der Waals surface area contributed by atoms with Gasteiger partial charge in [0.1, 0.15) is 11.8 Å². The smallest absolute Gasteiger partial charge is 0.243 e. The summed E-state index contributed by atoms with van der Waals surface area (Å²) in [6.07, 6.45) is 3.72. The molecule has 38 heavy (non-hydrogen) atoms. The first-order valence-electron chi connectivity index (χ1n) is 13.3. The molecule has 0 heterocycles. The van der Waals surface area contributed by atoms with Crippen molar-refractivity contribution in [2.75, 3.05) is 24.2 Å². The molecule has 1 N–H and O–H groups in total. The Kier molecular flexibility index (Phi) is 12.1. The highest BCUT2D eigenvalue weighted by atomic mass is 32.2. The predicted octanol–water partition coefficient (Wildman–Crippen LogP) is 4.53. The van der Waals surface area contributed by atoms with Gasteiger partial charge in [0.2, 0.25) is 21.8 Å². The van der Waals surface area contributed by atoms with Crippen molar-refractivity contribution in [1.29, 1.82) is 0 Å². The van der Waals surface area contributed by atoms with Gasteiger partial charge in [-0.15, -0.1) is 0 Å². The summed E-state index contributed by atoms with van der Waals surface area (Å²) >= 11 is 0. The van der Waals surface area contributed by atoms with Crippen molar-refractivity contribution in [3.05, 3.63) is 59.7 Å². The van der Waals surface area contributed by atoms with Crippen molar-refractivity contribution < 1.29 is 22.7 Å². The van der Waals surface area contributed by atoms with E-state index in [1.807, 2.05) is 64.1 Å². The van der Waals surface area contributed by atoms with Crippen LogP contribution in [0.1, 0.15) is 64.5 Å². The normalized spacial score (nSPS) is 12.9. The molecule has 0 radical (unpaired) electrons. The standard InChI is InChI=1S/C29H43N3O5S/c1-7-22(4)30-29(34)27(9-3)31(21-24-14-18-26(37-5)19-15-24)28(33)11-10-20-32(38(6,35)36)25-16-12-23(8-2)13-17-25/h12-19,22,27H,7-11,20-21H2,1-6H3,(H,30,34)/t22-,27+/m1/s1. The van der Waals surface area contributed by atoms with E-state index < -0.39 is 16.1 Å². The number of methoxy groups -OCH3 is 1. The maximum absolute atomic E-state index is 13.5. The lowest BCUT2D eigenvalue weighted by Gasteiger charge is -2.32. The minimum atomic E-state index is -3.53. The molecule has 0 aliphatic rings. The fourth-order valence-electron chi connectivity index (χ4n) is 4.19. The maximum Gasteiger partial charge on any atom is 0.243 e. The Bertz CT molecular complexity index is 1130. The first kappa shape index (κ1) is 31.1. The fourth-order valence-corrected chi connectivity index (χ4v) is 5.16. The van der Waals surface area contributed by atoms with Gasteiger partial charge in [0.05, 0.1) is 19.1 Å². The van der Waals surface area contributed by atoms with Crippen LogP contribution in [0.5, 0.6) is 5.75 Å². The number of aryl methyl sites for hydroxylation is 1. The lowest BCUT2D eigenvalue weighted by Crippen LogP contribution is -2.50. The van der Waals surface area contributed by atoms with E-state index in [1.54, 1.807) is 24.1 Å². The molecule has 0 aromatic heterocycles. The van der Waals surface area contributed by atoms with Gasteiger partial charge in [-0.1, -0.05) is 45.0 Å². The Labute approximate surface area is 228 Å². The highest BCUT2D eigenvalue weighted by Gasteiger charge is 2.29. The first-order valence-corrected chi connectivity index (χ1v) is 15.2. The number of amides is 2. The summed E-state index contributed by atoms with van der Waals surface area (Å²) in [5, 5.41) is 3.00. The molecule has 0 aliphatic heterocycles. The van der Waals surface area contributed by atoms with Gasteiger partial charge in [-0.05, 0) is 68.0 Å². The van der Waals surface area contributed by atoms with E-state index in [-0.39, 0.29) is 37.4 Å². The molecular formula is C29H43N3O5S. The molecule has 0 saturated heterocycles. The molecule has 9 heteroatoms. The van der Waals surface area contributed by atoms with Crippen LogP contribution in [0.3, 0.4) is 0 Å². The number of anilines is 1. The number of carbonyl (C=O) groups is 2. The van der Waals surface area contributed by atoms with E-state index in [0.29, 0.717) is 24.3 Å². The minimum absolute atomic E-state index is 0.00287. The number of nitrogens with zero attached hydrogens (tertiary/aromatic N) is 2. The number of sulfonamides is 1. The molecule has 0 fully saturated rings. The minimum Gasteiger partial charge on any atom is -0.497 e. The molecule has 0 unspecified atom stereocenters. The van der Waals surface area contributed by atoms with E-state index >= 15 is 0 Å². The summed E-state index contributed by atoms with van der Waals surface area (Å²) in [5.74, 6) is 0.334. The van der Waals surface area contributed by atoms with Crippen LogP contribution >= 0.6 is 0 Å². The molecule has 2 aromatic rings. The van der Waals surface area contributed by atoms with Gasteiger partial charge in [0.15, 0.2) is 0 Å². The van der Waals surface area contributed by atoms with Crippen molar-refractivity contribution in [3.8, 4) is 5.75 Å². The molecule has 0 bridgehead atoms. The van der Waals surface area contributed by atoms with Crippen molar-refractivity contribution in [2.45, 2.75) is 78.4 Å². The Morgan fingerprint density at radius 1 is 0.947 bits per heavy atom. The second kappa shape index (κ2) is 14.8. The summed E-state index contributed by atoms with van der Waals surface area (Å²) in [5.41, 5.74) is 2.57. The average Bonchev–Trinajstić information content (AvgIpc) is 2.90. The molecule has 0 saturated carbocycles. The van der Waals surface area contributed by atoms with Crippen LogP contribution in [0, 0.1) is 0 Å². The highest BCUT2D eigenvalue weighted by molar-refractivity contribution is 7.92. The van der Waals surface area contributed by atoms with Crippen molar-refractivity contribution in [2.24, 2.45) is 0 Å². The number of ether oxygens (including phenoxy) is 1. The average molecular weight is 546 g/mol. The van der Waals surface area contributed by atoms with Crippen LogP contribution in [0.15, 0.2) is 48.5 Å². The van der Waals surface area contributed by atoms with E-state index in [4.69, 9.17) is 4.74 Å². The fraction of sp³-hybridized carbons (Fsp3) is 0.517. The maximum atomic E-state index is 13.5. The molecule has 0 spiro atoms. The summed E-state index contributed by atoms with van der Waals surface area (Å²) in [6, 6.07) is 14.2. The second-order valence-corrected chi connectivity index (χ2v) is 11.5. The van der Waals surface area contributed by atoms with Gasteiger partial charge in [-0.2, -0.15) is 0 Å². The number of hydrogen-bond donors (Lipinski definition) is 1. The Morgan fingerprint density at radius 3 is 2.05 bits per heavy atom. The number of hydrogen-bond acceptors (Lipinski definition) is 5. The Morgan fingerprint density at radius 2 is 1.55 bits per heavy atom. The summed E-state index contributed by atoms with van der Waals surface area (Å²) in [6.45, 7) is 8.30. The van der Waals surface area contributed by atoms with Crippen molar-refractivity contribution >= 4 is 27.5 Å². The molecular weight excluding hydrogens is 502 g/mol. The van der Waals surface area contributed by atoms with Gasteiger partial charge in [-0.3, -0.25) is 13.9 Å². The molecule has 8 nitrogen and oxygen atoms in total. The second-order valence-electron chi connectivity index (χ2n) is 9.57. The third-order valence-electron chi connectivity index (χ3n) is 6.68. The predicted molar refractivity (Wildman–Crippen MR) is 153 cm³/mol. The molecule has 2 amide bonds. The summed E-state index contributed by atoms with van der Waals surface area (Å²) in [7, 11) is -1.94. The zero-order valence-corrected chi connectivity index (χ0v) is 24.4. The van der Waals surface area contributed by atoms with Crippen molar-refractivity contribution in [3.63, 3.8) is 0 Å². The van der Waals surface area contributed by atoms with Gasteiger partial charge in [-0.25, -0.2) is 8.42 Å². The van der Waals surface area contributed by atoms with Crippen LogP contribution in [0.2, 0.25) is 0 Å². The van der Waals surface area contributed by atoms with Crippen LogP contribution in [0.25, 0.3) is 0 Å². The van der Waals surface area contributed by atoms with E-state index in [9.17, 15) is 18.0 Å². The quantitative estimate of drug-likeness (QED) is 0.355. The molecule has 2 rings (SSSR count). The van der Waals surface area contributed by atoms with Crippen LogP contribution in [-0.4, -0.2) is 57.1 Å². The lowest BCUT2D eigenvalue weighted by atomic mass is 10.1. The lowest BCUT2D eigenvalue weighted by molar-refractivity contribution is -0.141. The van der Waals surface area contributed by atoms with E-state index in [1.165, 1.54) is 10.6 Å². The third kappa shape index (κ3) is 9.04. The molecule has 210 valence electrons. The largest absolute Gasteiger partial charge is 0.497 e.